The summed E-state index contributed by atoms with van der Waals surface area (Å²) in [5.74, 6) is 0.901. The van der Waals surface area contributed by atoms with Gasteiger partial charge in [-0.05, 0) is 45.4 Å². The molecule has 0 aliphatic heterocycles. The molecule has 1 rings (SSSR count). The van der Waals surface area contributed by atoms with Crippen LogP contribution >= 0.6 is 0 Å². The second-order valence-electron chi connectivity index (χ2n) is 4.61. The number of hydrogen-bond acceptors (Lipinski definition) is 3. The van der Waals surface area contributed by atoms with Crippen molar-refractivity contribution in [3.63, 3.8) is 0 Å². The number of unbranched alkanes of at least 4 members (excludes halogenated alkanes) is 1. The molecule has 0 aromatic rings. The Kier molecular flexibility index (Phi) is 9.48. The first kappa shape index (κ1) is 15.9. The van der Waals surface area contributed by atoms with Gasteiger partial charge in [0.25, 0.3) is 0 Å². The highest BCUT2D eigenvalue weighted by molar-refractivity contribution is 6.36. The molecule has 1 aliphatic carbocycles. The van der Waals surface area contributed by atoms with Crippen molar-refractivity contribution in [1.29, 1.82) is 0 Å². The summed E-state index contributed by atoms with van der Waals surface area (Å²) in [4.78, 5) is 0. The predicted octanol–water partition coefficient (Wildman–Crippen LogP) is 3.59. The monoisotopic (exact) mass is 271 g/mol. The molecule has 0 aromatic carbocycles. The molecular formula is C14H27O3Si. The number of allylic oxidation sites excluding steroid dienone is 2. The molecular weight excluding hydrogens is 244 g/mol. The zero-order valence-electron chi connectivity index (χ0n) is 11.8. The molecule has 105 valence electrons. The third-order valence-electron chi connectivity index (χ3n) is 3.13. The van der Waals surface area contributed by atoms with Gasteiger partial charge in [0.15, 0.2) is 0 Å². The van der Waals surface area contributed by atoms with Crippen molar-refractivity contribution in [2.24, 2.45) is 5.92 Å². The first-order valence-electron chi connectivity index (χ1n) is 7.27. The van der Waals surface area contributed by atoms with Gasteiger partial charge in [0.2, 0.25) is 0 Å². The largest absolute Gasteiger partial charge is 0.577 e. The van der Waals surface area contributed by atoms with Crippen LogP contribution in [-0.4, -0.2) is 29.3 Å². The van der Waals surface area contributed by atoms with E-state index in [1.165, 1.54) is 32.1 Å². The summed E-state index contributed by atoms with van der Waals surface area (Å²) in [6.45, 7) is 6.07. The predicted molar refractivity (Wildman–Crippen MR) is 75.3 cm³/mol. The highest BCUT2D eigenvalue weighted by atomic mass is 28.3. The topological polar surface area (TPSA) is 27.7 Å². The Morgan fingerprint density at radius 1 is 1.06 bits per heavy atom. The van der Waals surface area contributed by atoms with E-state index < -0.39 is 9.53 Å². The van der Waals surface area contributed by atoms with Gasteiger partial charge in [-0.3, -0.25) is 0 Å². The summed E-state index contributed by atoms with van der Waals surface area (Å²) in [5.41, 5.74) is 0. The standard InChI is InChI=1S/C14H27O3Si/c1-3-15-18(16-4-2)17-13-9-8-12-14-10-6-5-7-11-14/h5-6,14H,3-4,7-13H2,1-2H3. The molecule has 18 heavy (non-hydrogen) atoms. The van der Waals surface area contributed by atoms with E-state index in [0.717, 1.165) is 18.9 Å². The quantitative estimate of drug-likeness (QED) is 0.345. The van der Waals surface area contributed by atoms with E-state index in [2.05, 4.69) is 12.2 Å². The van der Waals surface area contributed by atoms with Crippen molar-refractivity contribution in [2.75, 3.05) is 19.8 Å². The second kappa shape index (κ2) is 10.7. The zero-order chi connectivity index (χ0) is 13.1. The second-order valence-corrected chi connectivity index (χ2v) is 5.98. The third-order valence-corrected chi connectivity index (χ3v) is 4.62. The van der Waals surface area contributed by atoms with Crippen LogP contribution in [0.25, 0.3) is 0 Å². The minimum Gasteiger partial charge on any atom is -0.371 e. The maximum Gasteiger partial charge on any atom is 0.577 e. The van der Waals surface area contributed by atoms with Crippen LogP contribution in [0.3, 0.4) is 0 Å². The molecule has 4 heteroatoms. The molecule has 0 aromatic heterocycles. The van der Waals surface area contributed by atoms with E-state index in [1.54, 1.807) is 0 Å². The molecule has 1 radical (unpaired) electrons. The highest BCUT2D eigenvalue weighted by Gasteiger charge is 2.17. The van der Waals surface area contributed by atoms with Crippen molar-refractivity contribution in [2.45, 2.75) is 52.4 Å². The van der Waals surface area contributed by atoms with Gasteiger partial charge >= 0.3 is 9.53 Å². The summed E-state index contributed by atoms with van der Waals surface area (Å²) in [6.07, 6.45) is 12.2. The van der Waals surface area contributed by atoms with Gasteiger partial charge in [-0.25, -0.2) is 0 Å². The van der Waals surface area contributed by atoms with Crippen LogP contribution in [0.2, 0.25) is 0 Å². The fourth-order valence-electron chi connectivity index (χ4n) is 2.17. The van der Waals surface area contributed by atoms with Gasteiger partial charge in [0, 0.05) is 19.8 Å². The summed E-state index contributed by atoms with van der Waals surface area (Å²) in [5, 5.41) is 0. The molecule has 0 saturated heterocycles. The van der Waals surface area contributed by atoms with Crippen molar-refractivity contribution in [1.82, 2.24) is 0 Å². The molecule has 1 aliphatic rings. The molecule has 0 saturated carbocycles. The van der Waals surface area contributed by atoms with E-state index >= 15 is 0 Å². The van der Waals surface area contributed by atoms with Crippen molar-refractivity contribution in [3.8, 4) is 0 Å². The van der Waals surface area contributed by atoms with Gasteiger partial charge < -0.3 is 13.3 Å². The third kappa shape index (κ3) is 7.31. The Hall–Kier alpha value is -0.163. The van der Waals surface area contributed by atoms with Gasteiger partial charge in [-0.1, -0.05) is 25.0 Å². The van der Waals surface area contributed by atoms with Gasteiger partial charge in [-0.15, -0.1) is 0 Å². The fourth-order valence-corrected chi connectivity index (χ4v) is 3.20. The van der Waals surface area contributed by atoms with Crippen molar-refractivity contribution < 1.29 is 13.3 Å². The lowest BCUT2D eigenvalue weighted by atomic mass is 9.90. The molecule has 0 bridgehead atoms. The minimum absolute atomic E-state index is 0.669. The van der Waals surface area contributed by atoms with E-state index in [4.69, 9.17) is 13.3 Å². The summed E-state index contributed by atoms with van der Waals surface area (Å²) < 4.78 is 16.5. The maximum absolute atomic E-state index is 5.66. The van der Waals surface area contributed by atoms with Gasteiger partial charge in [0.05, 0.1) is 0 Å². The molecule has 3 nitrogen and oxygen atoms in total. The van der Waals surface area contributed by atoms with E-state index in [9.17, 15) is 0 Å². The van der Waals surface area contributed by atoms with Crippen LogP contribution in [0.15, 0.2) is 12.2 Å². The summed E-state index contributed by atoms with van der Waals surface area (Å²) in [6, 6.07) is 0. The molecule has 1 atom stereocenters. The normalized spacial score (nSPS) is 19.6. The van der Waals surface area contributed by atoms with Gasteiger partial charge in [0.1, 0.15) is 0 Å². The Morgan fingerprint density at radius 3 is 2.44 bits per heavy atom. The minimum atomic E-state index is -1.46. The first-order valence-corrected chi connectivity index (χ1v) is 8.49. The van der Waals surface area contributed by atoms with Crippen molar-refractivity contribution >= 4 is 9.53 Å². The smallest absolute Gasteiger partial charge is 0.371 e. The summed E-state index contributed by atoms with van der Waals surface area (Å²) in [7, 11) is -1.46. The van der Waals surface area contributed by atoms with Crippen LogP contribution < -0.4 is 0 Å². The first-order chi connectivity index (χ1) is 8.86. The lowest BCUT2D eigenvalue weighted by Gasteiger charge is -2.17. The Morgan fingerprint density at radius 2 is 1.83 bits per heavy atom. The molecule has 0 spiro atoms. The van der Waals surface area contributed by atoms with Crippen LogP contribution in [0.5, 0.6) is 0 Å². The van der Waals surface area contributed by atoms with Crippen LogP contribution in [0.4, 0.5) is 0 Å². The lowest BCUT2D eigenvalue weighted by molar-refractivity contribution is 0.1000. The number of hydrogen-bond donors (Lipinski definition) is 0. The maximum atomic E-state index is 5.66. The Balaban J connectivity index is 1.97. The van der Waals surface area contributed by atoms with Crippen LogP contribution in [0, 0.1) is 5.92 Å². The Bertz CT molecular complexity index is 215. The van der Waals surface area contributed by atoms with Crippen LogP contribution in [-0.2, 0) is 13.3 Å². The van der Waals surface area contributed by atoms with Crippen LogP contribution in [0.1, 0.15) is 52.4 Å². The molecule has 1 unspecified atom stereocenters. The fraction of sp³-hybridized carbons (Fsp3) is 0.857. The average molecular weight is 271 g/mol. The number of rotatable bonds is 10. The van der Waals surface area contributed by atoms with E-state index in [1.807, 2.05) is 13.8 Å². The SMILES string of the molecule is CCO[Si](OCC)OCCCCC1CC=CCC1. The van der Waals surface area contributed by atoms with Gasteiger partial charge in [-0.2, -0.15) is 0 Å². The molecule has 0 fully saturated rings. The lowest BCUT2D eigenvalue weighted by Crippen LogP contribution is -2.27. The summed E-state index contributed by atoms with van der Waals surface area (Å²) >= 11 is 0. The zero-order valence-corrected chi connectivity index (χ0v) is 12.8. The van der Waals surface area contributed by atoms with E-state index in [0.29, 0.717) is 13.2 Å². The molecule has 0 N–H and O–H groups in total. The molecule has 0 heterocycles. The Labute approximate surface area is 113 Å². The van der Waals surface area contributed by atoms with E-state index in [-0.39, 0.29) is 0 Å². The molecule has 0 amide bonds. The van der Waals surface area contributed by atoms with Crippen molar-refractivity contribution in [3.05, 3.63) is 12.2 Å². The highest BCUT2D eigenvalue weighted by Crippen LogP contribution is 2.23. The average Bonchev–Trinajstić information content (AvgIpc) is 2.40.